The number of piperazine rings is 1. The first kappa shape index (κ1) is 20.5. The van der Waals surface area contributed by atoms with Gasteiger partial charge >= 0.3 is 0 Å². The molecule has 1 saturated heterocycles. The van der Waals surface area contributed by atoms with Crippen molar-refractivity contribution in [3.63, 3.8) is 0 Å². The van der Waals surface area contributed by atoms with Crippen molar-refractivity contribution in [2.24, 2.45) is 0 Å². The van der Waals surface area contributed by atoms with Crippen LogP contribution in [0.3, 0.4) is 0 Å². The Bertz CT molecular complexity index is 833. The summed E-state index contributed by atoms with van der Waals surface area (Å²) in [6.07, 6.45) is 0. The van der Waals surface area contributed by atoms with Gasteiger partial charge in [-0.3, -0.25) is 9.59 Å². The number of para-hydroxylation sites is 1. The Morgan fingerprint density at radius 2 is 1.72 bits per heavy atom. The highest BCUT2D eigenvalue weighted by Gasteiger charge is 2.21. The Morgan fingerprint density at radius 1 is 1.00 bits per heavy atom. The van der Waals surface area contributed by atoms with Crippen molar-refractivity contribution in [1.82, 2.24) is 10.2 Å². The van der Waals surface area contributed by atoms with Crippen LogP contribution in [0.25, 0.3) is 0 Å². The van der Waals surface area contributed by atoms with Gasteiger partial charge in [0.05, 0.1) is 13.7 Å². The normalized spacial score (nSPS) is 13.7. The third-order valence-electron chi connectivity index (χ3n) is 4.87. The van der Waals surface area contributed by atoms with Crippen LogP contribution in [0, 0.1) is 6.92 Å². The van der Waals surface area contributed by atoms with E-state index in [2.05, 4.69) is 22.3 Å². The molecule has 7 heteroatoms. The fourth-order valence-corrected chi connectivity index (χ4v) is 3.23. The van der Waals surface area contributed by atoms with Gasteiger partial charge < -0.3 is 24.6 Å². The van der Waals surface area contributed by atoms with Gasteiger partial charge in [0.25, 0.3) is 5.91 Å². The predicted molar refractivity (Wildman–Crippen MR) is 111 cm³/mol. The molecule has 1 heterocycles. The molecule has 0 unspecified atom stereocenters. The maximum atomic E-state index is 12.4. The first-order valence-electron chi connectivity index (χ1n) is 9.68. The summed E-state index contributed by atoms with van der Waals surface area (Å²) in [4.78, 5) is 28.5. The van der Waals surface area contributed by atoms with Crippen LogP contribution >= 0.6 is 0 Å². The molecule has 154 valence electrons. The highest BCUT2D eigenvalue weighted by atomic mass is 16.5. The number of methoxy groups -OCH3 is 1. The molecule has 1 aliphatic heterocycles. The van der Waals surface area contributed by atoms with Crippen molar-refractivity contribution in [1.29, 1.82) is 0 Å². The molecule has 0 atom stereocenters. The Hall–Kier alpha value is -3.22. The van der Waals surface area contributed by atoms with Crippen molar-refractivity contribution >= 4 is 17.5 Å². The smallest absolute Gasteiger partial charge is 0.258 e. The molecular formula is C22H27N3O4. The number of aryl methyl sites for hydroxylation is 1. The van der Waals surface area contributed by atoms with Crippen LogP contribution in [-0.2, 0) is 9.59 Å². The lowest BCUT2D eigenvalue weighted by Crippen LogP contribution is -2.51. The average Bonchev–Trinajstić information content (AvgIpc) is 2.77. The third kappa shape index (κ3) is 5.63. The van der Waals surface area contributed by atoms with Crippen molar-refractivity contribution < 1.29 is 19.1 Å². The second kappa shape index (κ2) is 9.82. The van der Waals surface area contributed by atoms with E-state index < -0.39 is 0 Å². The van der Waals surface area contributed by atoms with Crippen molar-refractivity contribution in [3.05, 3.63) is 54.1 Å². The molecule has 0 saturated carbocycles. The van der Waals surface area contributed by atoms with Gasteiger partial charge in [0.1, 0.15) is 0 Å². The minimum absolute atomic E-state index is 0.0292. The van der Waals surface area contributed by atoms with E-state index in [1.54, 1.807) is 18.1 Å². The molecule has 1 aliphatic rings. The molecular weight excluding hydrogens is 370 g/mol. The summed E-state index contributed by atoms with van der Waals surface area (Å²) in [5.41, 5.74) is 2.20. The van der Waals surface area contributed by atoms with E-state index in [0.717, 1.165) is 24.3 Å². The number of carbonyl (C=O) groups excluding carboxylic acids is 2. The monoisotopic (exact) mass is 397 g/mol. The molecule has 0 aliphatic carbocycles. The van der Waals surface area contributed by atoms with Gasteiger partial charge in [-0.1, -0.05) is 24.3 Å². The number of anilines is 1. The van der Waals surface area contributed by atoms with Crippen LogP contribution in [0.15, 0.2) is 48.5 Å². The maximum Gasteiger partial charge on any atom is 0.258 e. The topological polar surface area (TPSA) is 71.1 Å². The molecule has 29 heavy (non-hydrogen) atoms. The summed E-state index contributed by atoms with van der Waals surface area (Å²) in [5.74, 6) is 0.643. The predicted octanol–water partition coefficient (Wildman–Crippen LogP) is 1.85. The summed E-state index contributed by atoms with van der Waals surface area (Å²) in [6.45, 7) is 4.58. The molecule has 0 radical (unpaired) electrons. The molecule has 0 spiro atoms. The van der Waals surface area contributed by atoms with Crippen LogP contribution in [0.5, 0.6) is 11.5 Å². The summed E-state index contributed by atoms with van der Waals surface area (Å²) in [5, 5.41) is 2.63. The Kier molecular flexibility index (Phi) is 6.94. The number of nitrogens with zero attached hydrogens (tertiary/aromatic N) is 2. The maximum absolute atomic E-state index is 12.4. The lowest BCUT2D eigenvalue weighted by Gasteiger charge is -2.36. The molecule has 7 nitrogen and oxygen atoms in total. The van der Waals surface area contributed by atoms with E-state index in [-0.39, 0.29) is 25.0 Å². The average molecular weight is 397 g/mol. The summed E-state index contributed by atoms with van der Waals surface area (Å²) < 4.78 is 10.8. The van der Waals surface area contributed by atoms with Gasteiger partial charge in [-0.05, 0) is 36.8 Å². The Labute approximate surface area is 171 Å². The number of hydrogen-bond acceptors (Lipinski definition) is 5. The number of hydrogen-bond donors (Lipinski definition) is 1. The molecule has 2 amide bonds. The first-order valence-corrected chi connectivity index (χ1v) is 9.68. The van der Waals surface area contributed by atoms with Crippen LogP contribution in [-0.4, -0.2) is 63.2 Å². The molecule has 0 bridgehead atoms. The zero-order valence-electron chi connectivity index (χ0n) is 16.9. The summed E-state index contributed by atoms with van der Waals surface area (Å²) >= 11 is 0. The minimum Gasteiger partial charge on any atom is -0.493 e. The fourth-order valence-electron chi connectivity index (χ4n) is 3.23. The van der Waals surface area contributed by atoms with E-state index in [4.69, 9.17) is 9.47 Å². The zero-order valence-corrected chi connectivity index (χ0v) is 16.9. The second-order valence-electron chi connectivity index (χ2n) is 6.92. The van der Waals surface area contributed by atoms with Gasteiger partial charge in [0, 0.05) is 31.9 Å². The molecule has 0 aromatic heterocycles. The van der Waals surface area contributed by atoms with Gasteiger partial charge in [-0.15, -0.1) is 0 Å². The minimum atomic E-state index is -0.344. The fraction of sp³-hybridized carbons (Fsp3) is 0.364. The molecule has 1 fully saturated rings. The van der Waals surface area contributed by atoms with E-state index in [1.165, 1.54) is 0 Å². The number of carbonyl (C=O) groups is 2. The third-order valence-corrected chi connectivity index (χ3v) is 4.87. The van der Waals surface area contributed by atoms with Gasteiger partial charge in [-0.2, -0.15) is 0 Å². The zero-order chi connectivity index (χ0) is 20.6. The Balaban J connectivity index is 1.40. The number of ether oxygens (including phenoxy) is 2. The molecule has 2 aromatic carbocycles. The van der Waals surface area contributed by atoms with Crippen molar-refractivity contribution in [2.75, 3.05) is 51.3 Å². The largest absolute Gasteiger partial charge is 0.493 e. The highest BCUT2D eigenvalue weighted by Crippen LogP contribution is 2.27. The quantitative estimate of drug-likeness (QED) is 0.772. The number of amides is 2. The van der Waals surface area contributed by atoms with E-state index >= 15 is 0 Å². The van der Waals surface area contributed by atoms with E-state index in [1.807, 2.05) is 37.3 Å². The van der Waals surface area contributed by atoms with Crippen LogP contribution in [0.2, 0.25) is 0 Å². The lowest BCUT2D eigenvalue weighted by molar-refractivity contribution is -0.133. The molecule has 2 aromatic rings. The summed E-state index contributed by atoms with van der Waals surface area (Å²) in [6, 6.07) is 15.6. The van der Waals surface area contributed by atoms with Crippen molar-refractivity contribution in [2.45, 2.75) is 6.92 Å². The van der Waals surface area contributed by atoms with Gasteiger partial charge in [-0.25, -0.2) is 0 Å². The number of nitrogens with one attached hydrogen (secondary N) is 1. The number of rotatable bonds is 7. The van der Waals surface area contributed by atoms with Gasteiger partial charge in [0.2, 0.25) is 5.91 Å². The lowest BCUT2D eigenvalue weighted by atomic mass is 10.2. The SMILES string of the molecule is COc1cc(C)ccc1OCC(=O)NCC(=O)N1CCN(c2ccccc2)CC1. The van der Waals surface area contributed by atoms with Crippen LogP contribution in [0.1, 0.15) is 5.56 Å². The second-order valence-corrected chi connectivity index (χ2v) is 6.92. The van der Waals surface area contributed by atoms with Crippen LogP contribution in [0.4, 0.5) is 5.69 Å². The highest BCUT2D eigenvalue weighted by molar-refractivity contribution is 5.85. The number of benzene rings is 2. The van der Waals surface area contributed by atoms with E-state index in [0.29, 0.717) is 24.6 Å². The molecule has 1 N–H and O–H groups in total. The van der Waals surface area contributed by atoms with E-state index in [9.17, 15) is 9.59 Å². The van der Waals surface area contributed by atoms with Gasteiger partial charge in [0.15, 0.2) is 18.1 Å². The summed E-state index contributed by atoms with van der Waals surface area (Å²) in [7, 11) is 1.55. The van der Waals surface area contributed by atoms with Crippen molar-refractivity contribution in [3.8, 4) is 11.5 Å². The standard InChI is InChI=1S/C22H27N3O4/c1-17-8-9-19(20(14-17)28-2)29-16-21(26)23-15-22(27)25-12-10-24(11-13-25)18-6-4-3-5-7-18/h3-9,14H,10-13,15-16H2,1-2H3,(H,23,26). The Morgan fingerprint density at radius 3 is 2.41 bits per heavy atom. The van der Waals surface area contributed by atoms with Crippen LogP contribution < -0.4 is 19.7 Å². The first-order chi connectivity index (χ1) is 14.1. The molecule has 3 rings (SSSR count).